The minimum atomic E-state index is -2.06. The number of quaternary nitrogens is 1. The van der Waals surface area contributed by atoms with Crippen molar-refractivity contribution in [2.24, 2.45) is 0 Å². The van der Waals surface area contributed by atoms with Crippen molar-refractivity contribution in [2.45, 2.75) is 12.5 Å². The van der Waals surface area contributed by atoms with Crippen LogP contribution in [0.25, 0.3) is 0 Å². The summed E-state index contributed by atoms with van der Waals surface area (Å²) in [6.45, 7) is 0. The molecule has 96 valence electrons. The van der Waals surface area contributed by atoms with Crippen LogP contribution in [0.15, 0.2) is 42.6 Å². The van der Waals surface area contributed by atoms with E-state index in [1.807, 2.05) is 0 Å². The van der Waals surface area contributed by atoms with Crippen molar-refractivity contribution in [2.75, 3.05) is 0 Å². The molecule has 2 atom stereocenters. The van der Waals surface area contributed by atoms with Crippen molar-refractivity contribution in [1.82, 2.24) is 4.90 Å². The van der Waals surface area contributed by atoms with Gasteiger partial charge in [0.25, 0.3) is 0 Å². The maximum atomic E-state index is 12.5. The van der Waals surface area contributed by atoms with Crippen LogP contribution in [0.2, 0.25) is 0 Å². The quantitative estimate of drug-likeness (QED) is 0.330. The summed E-state index contributed by atoms with van der Waals surface area (Å²) in [7, 11) is 0. The van der Waals surface area contributed by atoms with Gasteiger partial charge in [-0.25, -0.2) is 14.4 Å². The van der Waals surface area contributed by atoms with Crippen LogP contribution in [-0.2, 0) is 4.79 Å². The molecule has 0 N–H and O–H groups in total. The van der Waals surface area contributed by atoms with Gasteiger partial charge in [-0.15, -0.1) is 4.65 Å². The highest BCUT2D eigenvalue weighted by Crippen LogP contribution is 2.32. The minimum Gasteiger partial charge on any atom is -0.608 e. The zero-order chi connectivity index (χ0) is 13.6. The fourth-order valence-corrected chi connectivity index (χ4v) is 2.35. The Balaban J connectivity index is 2.04. The van der Waals surface area contributed by atoms with E-state index in [4.69, 9.17) is 0 Å². The predicted octanol–water partition coefficient (Wildman–Crippen LogP) is 1.39. The maximum Gasteiger partial charge on any atom is 0.439 e. The highest BCUT2D eigenvalue weighted by atomic mass is 16.6. The van der Waals surface area contributed by atoms with Crippen LogP contribution in [0.5, 0.6) is 0 Å². The van der Waals surface area contributed by atoms with E-state index in [0.717, 1.165) is 4.90 Å². The summed E-state index contributed by atoms with van der Waals surface area (Å²) in [5.41, 5.74) is 0.0596. The standard InChI is InChI=1S/C13H10N2O4/c16-11(9-5-2-1-3-6-9)15(19)12(17)10-7-4-8-14(10)13(15)18/h1-6,8,10H,7H2. The Morgan fingerprint density at radius 1 is 1.26 bits per heavy atom. The van der Waals surface area contributed by atoms with Gasteiger partial charge in [0.2, 0.25) is 0 Å². The Kier molecular flexibility index (Phi) is 2.38. The molecule has 6 heteroatoms. The number of rotatable bonds is 1. The molecule has 2 unspecified atom stereocenters. The number of imide groups is 3. The number of fused-ring (bicyclic) bond motifs is 1. The smallest absolute Gasteiger partial charge is 0.439 e. The van der Waals surface area contributed by atoms with Crippen molar-refractivity contribution >= 4 is 17.8 Å². The van der Waals surface area contributed by atoms with E-state index >= 15 is 0 Å². The van der Waals surface area contributed by atoms with Crippen molar-refractivity contribution in [3.05, 3.63) is 53.4 Å². The lowest BCUT2D eigenvalue weighted by atomic mass is 10.2. The number of carbonyl (C=O) groups is 3. The van der Waals surface area contributed by atoms with Crippen LogP contribution < -0.4 is 0 Å². The highest BCUT2D eigenvalue weighted by Gasteiger charge is 2.60. The van der Waals surface area contributed by atoms with Gasteiger partial charge in [-0.2, -0.15) is 0 Å². The Labute approximate surface area is 108 Å². The normalized spacial score (nSPS) is 28.9. The van der Waals surface area contributed by atoms with Gasteiger partial charge >= 0.3 is 17.8 Å². The first kappa shape index (κ1) is 11.8. The number of hydrogen-bond acceptors (Lipinski definition) is 4. The van der Waals surface area contributed by atoms with Crippen molar-refractivity contribution in [3.63, 3.8) is 0 Å². The predicted molar refractivity (Wildman–Crippen MR) is 64.2 cm³/mol. The Morgan fingerprint density at radius 2 is 1.95 bits per heavy atom. The minimum absolute atomic E-state index is 0.0596. The largest absolute Gasteiger partial charge is 0.608 e. The molecule has 0 saturated carbocycles. The van der Waals surface area contributed by atoms with Crippen molar-refractivity contribution < 1.29 is 19.0 Å². The molecule has 0 radical (unpaired) electrons. The lowest BCUT2D eigenvalue weighted by molar-refractivity contribution is -0.624. The SMILES string of the molecule is O=C(c1ccccc1)[N+]1([O-])C(=O)C2CC=CN2C1=O. The summed E-state index contributed by atoms with van der Waals surface area (Å²) >= 11 is 0. The molecule has 1 saturated heterocycles. The number of amides is 4. The van der Waals surface area contributed by atoms with E-state index in [1.165, 1.54) is 18.3 Å². The first-order chi connectivity index (χ1) is 9.06. The molecule has 0 spiro atoms. The highest BCUT2D eigenvalue weighted by molar-refractivity contribution is 6.10. The molecule has 0 aliphatic carbocycles. The molecule has 0 bridgehead atoms. The van der Waals surface area contributed by atoms with Crippen molar-refractivity contribution in [1.29, 1.82) is 0 Å². The number of nitrogens with zero attached hydrogens (tertiary/aromatic N) is 2. The second-order valence-corrected chi connectivity index (χ2v) is 4.44. The van der Waals surface area contributed by atoms with Crippen LogP contribution in [0.3, 0.4) is 0 Å². The number of hydrogen-bond donors (Lipinski definition) is 0. The molecule has 2 heterocycles. The average Bonchev–Trinajstić information content (AvgIpc) is 2.99. The molecule has 1 aromatic rings. The molecule has 19 heavy (non-hydrogen) atoms. The Bertz CT molecular complexity index is 610. The summed E-state index contributed by atoms with van der Waals surface area (Å²) in [6, 6.07) is 5.80. The van der Waals surface area contributed by atoms with Gasteiger partial charge in [-0.1, -0.05) is 24.3 Å². The van der Waals surface area contributed by atoms with Crippen LogP contribution in [0.1, 0.15) is 16.8 Å². The monoisotopic (exact) mass is 258 g/mol. The van der Waals surface area contributed by atoms with Gasteiger partial charge in [0.1, 0.15) is 0 Å². The topological polar surface area (TPSA) is 77.5 Å². The summed E-state index contributed by atoms with van der Waals surface area (Å²) in [5.74, 6) is -1.94. The fourth-order valence-electron chi connectivity index (χ4n) is 2.35. The van der Waals surface area contributed by atoms with Gasteiger partial charge in [0, 0.05) is 12.6 Å². The van der Waals surface area contributed by atoms with E-state index in [9.17, 15) is 19.6 Å². The fraction of sp³-hybridized carbons (Fsp3) is 0.154. The second-order valence-electron chi connectivity index (χ2n) is 4.44. The Hall–Kier alpha value is -2.31. The summed E-state index contributed by atoms with van der Waals surface area (Å²) in [4.78, 5) is 37.3. The van der Waals surface area contributed by atoms with Crippen LogP contribution in [-0.4, -0.2) is 33.4 Å². The molecule has 1 fully saturated rings. The third-order valence-corrected chi connectivity index (χ3v) is 3.35. The molecule has 3 rings (SSSR count). The van der Waals surface area contributed by atoms with Gasteiger partial charge in [0.05, 0.1) is 5.56 Å². The van der Waals surface area contributed by atoms with Gasteiger partial charge in [-0.05, 0) is 12.1 Å². The zero-order valence-corrected chi connectivity index (χ0v) is 9.85. The number of urea groups is 1. The summed E-state index contributed by atoms with van der Waals surface area (Å²) in [5, 5.41) is 12.5. The first-order valence-corrected chi connectivity index (χ1v) is 5.80. The zero-order valence-electron chi connectivity index (χ0n) is 9.85. The van der Waals surface area contributed by atoms with Crippen LogP contribution >= 0.6 is 0 Å². The molecule has 4 amide bonds. The lowest BCUT2D eigenvalue weighted by Gasteiger charge is -2.28. The van der Waals surface area contributed by atoms with E-state index in [0.29, 0.717) is 0 Å². The second kappa shape index (κ2) is 3.84. The van der Waals surface area contributed by atoms with E-state index in [2.05, 4.69) is 0 Å². The summed E-state index contributed by atoms with van der Waals surface area (Å²) in [6.07, 6.45) is 3.31. The van der Waals surface area contributed by atoms with Gasteiger partial charge in [0.15, 0.2) is 6.04 Å². The number of benzene rings is 1. The van der Waals surface area contributed by atoms with E-state index in [1.54, 1.807) is 24.3 Å². The third-order valence-electron chi connectivity index (χ3n) is 3.35. The Morgan fingerprint density at radius 3 is 2.58 bits per heavy atom. The maximum absolute atomic E-state index is 12.5. The molecule has 0 aromatic heterocycles. The van der Waals surface area contributed by atoms with Crippen LogP contribution in [0.4, 0.5) is 4.79 Å². The average molecular weight is 258 g/mol. The van der Waals surface area contributed by atoms with Gasteiger partial charge < -0.3 is 5.21 Å². The molecule has 2 aliphatic heterocycles. The van der Waals surface area contributed by atoms with Crippen molar-refractivity contribution in [3.8, 4) is 0 Å². The van der Waals surface area contributed by atoms with E-state index in [-0.39, 0.29) is 12.0 Å². The molecular weight excluding hydrogens is 248 g/mol. The molecule has 1 aromatic carbocycles. The van der Waals surface area contributed by atoms with Crippen LogP contribution in [0, 0.1) is 5.21 Å². The lowest BCUT2D eigenvalue weighted by Crippen LogP contribution is -2.53. The van der Waals surface area contributed by atoms with Gasteiger partial charge in [-0.3, -0.25) is 4.90 Å². The molecular formula is C13H10N2O4. The number of hydroxylamine groups is 3. The first-order valence-electron chi connectivity index (χ1n) is 5.80. The van der Waals surface area contributed by atoms with E-state index < -0.39 is 28.5 Å². The number of carbonyl (C=O) groups excluding carboxylic acids is 3. The summed E-state index contributed by atoms with van der Waals surface area (Å²) < 4.78 is -2.06. The third kappa shape index (κ3) is 1.41. The molecule has 6 nitrogen and oxygen atoms in total. The molecule has 2 aliphatic rings.